The number of hydrogen-bond acceptors (Lipinski definition) is 4. The summed E-state index contributed by atoms with van der Waals surface area (Å²) >= 11 is 11.2. The molecule has 2 rings (SSSR count). The average Bonchev–Trinajstić information content (AvgIpc) is 2.59. The molecule has 0 unspecified atom stereocenters. The number of fused-ring (bicyclic) bond motifs is 1. The first-order valence-corrected chi connectivity index (χ1v) is 5.21. The topological polar surface area (TPSA) is 78.3 Å². The molecule has 0 saturated carbocycles. The molecule has 16 heavy (non-hydrogen) atoms. The van der Waals surface area contributed by atoms with Crippen molar-refractivity contribution in [2.75, 3.05) is 6.54 Å². The first-order chi connectivity index (χ1) is 7.61. The molecule has 0 aliphatic heterocycles. The van der Waals surface area contributed by atoms with E-state index in [9.17, 15) is 9.90 Å². The van der Waals surface area contributed by atoms with E-state index in [1.165, 1.54) is 6.07 Å². The van der Waals surface area contributed by atoms with E-state index in [-0.39, 0.29) is 6.54 Å². The lowest BCUT2D eigenvalue weighted by atomic mass is 10.1. The second-order valence-electron chi connectivity index (χ2n) is 3.24. The summed E-state index contributed by atoms with van der Waals surface area (Å²) in [5, 5.41) is 9.99. The van der Waals surface area contributed by atoms with Crippen molar-refractivity contribution < 1.29 is 9.52 Å². The van der Waals surface area contributed by atoms with Crippen LogP contribution >= 0.6 is 23.4 Å². The number of benzene rings is 1. The highest BCUT2D eigenvalue weighted by molar-refractivity contribution is 6.34. The zero-order valence-electron chi connectivity index (χ0n) is 7.96. The summed E-state index contributed by atoms with van der Waals surface area (Å²) in [6.45, 7) is 0.165. The Morgan fingerprint density at radius 3 is 3.00 bits per heavy atom. The van der Waals surface area contributed by atoms with Crippen LogP contribution in [0.4, 0.5) is 0 Å². The van der Waals surface area contributed by atoms with Crippen LogP contribution < -0.4 is 10.6 Å². The smallest absolute Gasteiger partial charge is 0.408 e. The monoisotopic (exact) mass is 262 g/mol. The summed E-state index contributed by atoms with van der Waals surface area (Å²) in [6, 6.07) is 3.09. The predicted octanol–water partition coefficient (Wildman–Crippen LogP) is 1.55. The summed E-state index contributed by atoms with van der Waals surface area (Å²) in [7, 11) is 0. The Labute approximate surface area is 100 Å². The van der Waals surface area contributed by atoms with E-state index in [1.807, 2.05) is 0 Å². The molecular formula is C9H8Cl2N2O3. The Bertz CT molecular complexity index is 563. The van der Waals surface area contributed by atoms with E-state index in [0.29, 0.717) is 21.7 Å². The maximum Gasteiger partial charge on any atom is 0.417 e. The van der Waals surface area contributed by atoms with Gasteiger partial charge in [-0.05, 0) is 29.5 Å². The van der Waals surface area contributed by atoms with E-state index < -0.39 is 11.9 Å². The van der Waals surface area contributed by atoms with Gasteiger partial charge in [0, 0.05) is 6.54 Å². The van der Waals surface area contributed by atoms with Gasteiger partial charge in [0.15, 0.2) is 5.58 Å². The fourth-order valence-electron chi connectivity index (χ4n) is 1.41. The molecule has 1 aromatic carbocycles. The van der Waals surface area contributed by atoms with Gasteiger partial charge in [-0.2, -0.15) is 0 Å². The quantitative estimate of drug-likeness (QED) is 0.734. The summed E-state index contributed by atoms with van der Waals surface area (Å²) < 4.78 is 4.86. The van der Waals surface area contributed by atoms with Gasteiger partial charge in [0.1, 0.15) is 5.52 Å². The predicted molar refractivity (Wildman–Crippen MR) is 60.7 cm³/mol. The molecule has 1 aromatic heterocycles. The molecule has 86 valence electrons. The molecule has 0 saturated heterocycles. The van der Waals surface area contributed by atoms with Crippen LogP contribution in [0.2, 0.25) is 5.02 Å². The zero-order chi connectivity index (χ0) is 11.7. The average molecular weight is 263 g/mol. The van der Waals surface area contributed by atoms with Crippen molar-refractivity contribution in [2.45, 2.75) is 6.10 Å². The van der Waals surface area contributed by atoms with Gasteiger partial charge in [0.2, 0.25) is 0 Å². The Morgan fingerprint density at radius 2 is 2.31 bits per heavy atom. The molecule has 0 aliphatic carbocycles. The molecule has 0 spiro atoms. The van der Waals surface area contributed by atoms with Crippen LogP contribution in [0, 0.1) is 0 Å². The van der Waals surface area contributed by atoms with Crippen LogP contribution in [0.1, 0.15) is 11.7 Å². The molecular weight excluding hydrogens is 255 g/mol. The number of aromatic amines is 1. The molecule has 2 aromatic rings. The second-order valence-corrected chi connectivity index (χ2v) is 3.92. The Kier molecular flexibility index (Phi) is 3.20. The van der Waals surface area contributed by atoms with Crippen LogP contribution in [0.3, 0.4) is 0 Å². The van der Waals surface area contributed by atoms with E-state index >= 15 is 0 Å². The molecule has 1 atom stereocenters. The van der Waals surface area contributed by atoms with Crippen molar-refractivity contribution in [3.63, 3.8) is 0 Å². The van der Waals surface area contributed by atoms with Gasteiger partial charge in [-0.15, -0.1) is 0 Å². The highest BCUT2D eigenvalue weighted by Gasteiger charge is 2.13. The lowest BCUT2D eigenvalue weighted by molar-refractivity contribution is 0.182. The van der Waals surface area contributed by atoms with Gasteiger partial charge < -0.3 is 9.52 Å². The van der Waals surface area contributed by atoms with E-state index in [1.54, 1.807) is 6.07 Å². The normalized spacial score (nSPS) is 13.2. The zero-order valence-corrected chi connectivity index (χ0v) is 9.47. The van der Waals surface area contributed by atoms with Gasteiger partial charge in [0.25, 0.3) is 0 Å². The Balaban J connectivity index is 2.52. The minimum atomic E-state index is -0.820. The molecule has 7 heteroatoms. The summed E-state index contributed by atoms with van der Waals surface area (Å²) in [5.41, 5.74) is 1.25. The van der Waals surface area contributed by atoms with Crippen LogP contribution in [0.5, 0.6) is 0 Å². The van der Waals surface area contributed by atoms with Gasteiger partial charge in [0.05, 0.1) is 11.1 Å². The lowest BCUT2D eigenvalue weighted by Gasteiger charge is -2.09. The second kappa shape index (κ2) is 4.47. The molecule has 1 heterocycles. The minimum absolute atomic E-state index is 0.165. The van der Waals surface area contributed by atoms with Gasteiger partial charge >= 0.3 is 5.76 Å². The van der Waals surface area contributed by atoms with Crippen LogP contribution in [-0.2, 0) is 0 Å². The molecule has 0 radical (unpaired) electrons. The van der Waals surface area contributed by atoms with Crippen LogP contribution in [-0.4, -0.2) is 16.6 Å². The van der Waals surface area contributed by atoms with Gasteiger partial charge in [-0.25, -0.2) is 9.63 Å². The standard InChI is InChI=1S/C9H8Cl2N2O3/c10-5-1-4(6(14)3-12-11)2-7-8(5)13-9(15)16-7/h1-2,6,12,14H,3H2,(H,13,15)/t6-/m1/s1. The molecule has 0 aliphatic rings. The third-order valence-corrected chi connectivity index (χ3v) is 2.61. The van der Waals surface area contributed by atoms with Crippen LogP contribution in [0.15, 0.2) is 21.3 Å². The Hall–Kier alpha value is -1.01. The maximum absolute atomic E-state index is 11.0. The largest absolute Gasteiger partial charge is 0.417 e. The van der Waals surface area contributed by atoms with Crippen molar-refractivity contribution in [1.29, 1.82) is 0 Å². The number of aromatic nitrogens is 1. The number of aliphatic hydroxyl groups is 1. The SMILES string of the molecule is O=c1[nH]c2c(Cl)cc([C@H](O)CNCl)cc2o1. The van der Waals surface area contributed by atoms with Crippen molar-refractivity contribution in [3.05, 3.63) is 33.3 Å². The van der Waals surface area contributed by atoms with Crippen LogP contribution in [0.25, 0.3) is 11.1 Å². The maximum atomic E-state index is 11.0. The highest BCUT2D eigenvalue weighted by Crippen LogP contribution is 2.26. The van der Waals surface area contributed by atoms with Crippen molar-refractivity contribution in [2.24, 2.45) is 0 Å². The number of oxazole rings is 1. The Morgan fingerprint density at radius 1 is 1.56 bits per heavy atom. The van der Waals surface area contributed by atoms with Crippen molar-refractivity contribution in [3.8, 4) is 0 Å². The molecule has 0 fully saturated rings. The number of nitrogens with one attached hydrogen (secondary N) is 2. The number of aliphatic hydroxyl groups excluding tert-OH is 1. The number of rotatable bonds is 3. The first-order valence-electron chi connectivity index (χ1n) is 4.45. The summed E-state index contributed by atoms with van der Waals surface area (Å²) in [5.74, 6) is -0.584. The third-order valence-electron chi connectivity index (χ3n) is 2.16. The molecule has 0 amide bonds. The van der Waals surface area contributed by atoms with Crippen molar-refractivity contribution >= 4 is 34.5 Å². The molecule has 3 N–H and O–H groups in total. The number of halogens is 2. The van der Waals surface area contributed by atoms with Gasteiger partial charge in [-0.1, -0.05) is 11.6 Å². The molecule has 5 nitrogen and oxygen atoms in total. The fourth-order valence-corrected chi connectivity index (χ4v) is 1.83. The third kappa shape index (κ3) is 2.08. The number of hydrogen-bond donors (Lipinski definition) is 3. The first kappa shape index (κ1) is 11.5. The van der Waals surface area contributed by atoms with Gasteiger partial charge in [-0.3, -0.25) is 4.98 Å². The summed E-state index contributed by atoms with van der Waals surface area (Å²) in [6.07, 6.45) is -0.820. The molecule has 0 bridgehead atoms. The minimum Gasteiger partial charge on any atom is -0.408 e. The van der Waals surface area contributed by atoms with Crippen molar-refractivity contribution in [1.82, 2.24) is 9.82 Å². The highest BCUT2D eigenvalue weighted by atomic mass is 35.5. The fraction of sp³-hybridized carbons (Fsp3) is 0.222. The van der Waals surface area contributed by atoms with E-state index in [0.717, 1.165) is 0 Å². The van der Waals surface area contributed by atoms with E-state index in [4.69, 9.17) is 27.8 Å². The lowest BCUT2D eigenvalue weighted by Crippen LogP contribution is -2.12. The summed E-state index contributed by atoms with van der Waals surface area (Å²) in [4.78, 5) is 15.7. The van der Waals surface area contributed by atoms with E-state index in [2.05, 4.69) is 9.82 Å². The number of H-pyrrole nitrogens is 1.